The van der Waals surface area contributed by atoms with Crippen LogP contribution >= 0.6 is 0 Å². The van der Waals surface area contributed by atoms with Crippen LogP contribution in [0.25, 0.3) is 0 Å². The first-order valence-electron chi connectivity index (χ1n) is 9.10. The summed E-state index contributed by atoms with van der Waals surface area (Å²) in [5.74, 6) is 0.115. The van der Waals surface area contributed by atoms with Crippen molar-refractivity contribution in [2.45, 2.75) is 40.2 Å². The van der Waals surface area contributed by atoms with E-state index in [0.29, 0.717) is 23.5 Å². The molecule has 2 aromatic rings. The van der Waals surface area contributed by atoms with E-state index in [1.165, 1.54) is 11.4 Å². The number of carbonyl (C=O) groups is 1. The molecule has 6 nitrogen and oxygen atoms in total. The number of hydrogen-bond donors (Lipinski definition) is 1. The summed E-state index contributed by atoms with van der Waals surface area (Å²) >= 11 is 0. The molecule has 0 aromatic heterocycles. The number of nitrogens with one attached hydrogen (secondary N) is 1. The normalized spacial score (nSPS) is 12.4. The predicted octanol–water partition coefficient (Wildman–Crippen LogP) is 3.80. The molecule has 0 heterocycles. The van der Waals surface area contributed by atoms with Crippen LogP contribution in [0.3, 0.4) is 0 Å². The fraction of sp³-hybridized carbons (Fsp3) is 0.381. The highest BCUT2D eigenvalue weighted by Crippen LogP contribution is 2.30. The van der Waals surface area contributed by atoms with Gasteiger partial charge in [0.2, 0.25) is 15.9 Å². The van der Waals surface area contributed by atoms with Crippen molar-refractivity contribution in [2.24, 2.45) is 0 Å². The fourth-order valence-corrected chi connectivity index (χ4v) is 4.39. The Balaban J connectivity index is 2.48. The molecule has 28 heavy (non-hydrogen) atoms. The number of methoxy groups -OCH3 is 1. The van der Waals surface area contributed by atoms with Crippen LogP contribution in [-0.2, 0) is 14.8 Å². The molecule has 1 N–H and O–H groups in total. The molecule has 0 aliphatic heterocycles. The van der Waals surface area contributed by atoms with E-state index in [0.717, 1.165) is 22.9 Å². The zero-order chi connectivity index (χ0) is 21.1. The molecule has 152 valence electrons. The number of amides is 1. The van der Waals surface area contributed by atoms with Crippen LogP contribution in [0.2, 0.25) is 0 Å². The van der Waals surface area contributed by atoms with Gasteiger partial charge < -0.3 is 10.1 Å². The molecule has 0 radical (unpaired) electrons. The number of carbonyl (C=O) groups excluding carboxylic acids is 1. The second-order valence-electron chi connectivity index (χ2n) is 6.97. The number of sulfonamides is 1. The standard InChI is InChI=1S/C21H28N2O4S/c1-7-18(21(24)22-17-12-14(2)9-11-20(17)27-5)23(28(6,25)26)19-13-15(3)8-10-16(19)4/h8-13,18H,7H2,1-6H3,(H,22,24)/t18-/m0/s1. The summed E-state index contributed by atoms with van der Waals surface area (Å²) in [6.45, 7) is 7.43. The first kappa shape index (κ1) is 21.8. The lowest BCUT2D eigenvalue weighted by molar-refractivity contribution is -0.117. The third-order valence-electron chi connectivity index (χ3n) is 4.54. The minimum atomic E-state index is -3.69. The van der Waals surface area contributed by atoms with Gasteiger partial charge in [-0.15, -0.1) is 0 Å². The van der Waals surface area contributed by atoms with Gasteiger partial charge >= 0.3 is 0 Å². The molecular weight excluding hydrogens is 376 g/mol. The average Bonchev–Trinajstić information content (AvgIpc) is 2.61. The van der Waals surface area contributed by atoms with Crippen molar-refractivity contribution in [1.29, 1.82) is 0 Å². The molecule has 0 unspecified atom stereocenters. The second kappa shape index (κ2) is 8.65. The van der Waals surface area contributed by atoms with Crippen LogP contribution < -0.4 is 14.4 Å². The largest absolute Gasteiger partial charge is 0.495 e. The summed E-state index contributed by atoms with van der Waals surface area (Å²) in [6, 6.07) is 10.1. The van der Waals surface area contributed by atoms with Crippen molar-refractivity contribution in [3.63, 3.8) is 0 Å². The van der Waals surface area contributed by atoms with Gasteiger partial charge in [0, 0.05) is 0 Å². The molecule has 0 aliphatic carbocycles. The smallest absolute Gasteiger partial charge is 0.248 e. The number of anilines is 2. The Morgan fingerprint density at radius 1 is 1.11 bits per heavy atom. The van der Waals surface area contributed by atoms with Crippen molar-refractivity contribution in [3.05, 3.63) is 53.1 Å². The van der Waals surface area contributed by atoms with Gasteiger partial charge in [-0.2, -0.15) is 0 Å². The Hall–Kier alpha value is -2.54. The zero-order valence-corrected chi connectivity index (χ0v) is 18.1. The third-order valence-corrected chi connectivity index (χ3v) is 5.71. The lowest BCUT2D eigenvalue weighted by atomic mass is 10.1. The van der Waals surface area contributed by atoms with Crippen molar-refractivity contribution in [2.75, 3.05) is 23.0 Å². The van der Waals surface area contributed by atoms with Gasteiger partial charge in [-0.1, -0.05) is 25.1 Å². The van der Waals surface area contributed by atoms with Crippen molar-refractivity contribution < 1.29 is 17.9 Å². The molecule has 0 saturated heterocycles. The third kappa shape index (κ3) is 4.84. The molecule has 2 rings (SSSR count). The van der Waals surface area contributed by atoms with Gasteiger partial charge in [-0.25, -0.2) is 8.42 Å². The Labute approximate surface area is 167 Å². The monoisotopic (exact) mass is 404 g/mol. The topological polar surface area (TPSA) is 75.7 Å². The maximum atomic E-state index is 13.1. The molecule has 0 saturated carbocycles. The quantitative estimate of drug-likeness (QED) is 0.761. The fourth-order valence-electron chi connectivity index (χ4n) is 3.13. The van der Waals surface area contributed by atoms with Crippen molar-refractivity contribution in [3.8, 4) is 5.75 Å². The van der Waals surface area contributed by atoms with Gasteiger partial charge in [0.05, 0.1) is 24.7 Å². The lowest BCUT2D eigenvalue weighted by Crippen LogP contribution is -2.47. The van der Waals surface area contributed by atoms with Gasteiger partial charge in [-0.05, 0) is 62.1 Å². The first-order valence-corrected chi connectivity index (χ1v) is 11.0. The lowest BCUT2D eigenvalue weighted by Gasteiger charge is -2.31. The highest BCUT2D eigenvalue weighted by Gasteiger charge is 2.32. The van der Waals surface area contributed by atoms with Crippen LogP contribution in [0.4, 0.5) is 11.4 Å². The molecular formula is C21H28N2O4S. The van der Waals surface area contributed by atoms with E-state index in [-0.39, 0.29) is 0 Å². The van der Waals surface area contributed by atoms with Crippen LogP contribution in [0.15, 0.2) is 36.4 Å². The summed E-state index contributed by atoms with van der Waals surface area (Å²) < 4.78 is 31.8. The minimum Gasteiger partial charge on any atom is -0.495 e. The van der Waals surface area contributed by atoms with E-state index in [1.54, 1.807) is 25.1 Å². The van der Waals surface area contributed by atoms with E-state index in [1.807, 2.05) is 39.0 Å². The summed E-state index contributed by atoms with van der Waals surface area (Å²) in [5, 5.41) is 2.84. The Morgan fingerprint density at radius 2 is 1.71 bits per heavy atom. The Morgan fingerprint density at radius 3 is 2.29 bits per heavy atom. The van der Waals surface area contributed by atoms with Crippen molar-refractivity contribution >= 4 is 27.3 Å². The van der Waals surface area contributed by atoms with Gasteiger partial charge in [0.25, 0.3) is 0 Å². The molecule has 1 atom stereocenters. The van der Waals surface area contributed by atoms with Gasteiger partial charge in [0.1, 0.15) is 11.8 Å². The molecule has 0 spiro atoms. The number of ether oxygens (including phenoxy) is 1. The molecule has 0 aliphatic rings. The minimum absolute atomic E-state index is 0.320. The highest BCUT2D eigenvalue weighted by molar-refractivity contribution is 7.92. The second-order valence-corrected chi connectivity index (χ2v) is 8.83. The van der Waals surface area contributed by atoms with Gasteiger partial charge in [-0.3, -0.25) is 9.10 Å². The Kier molecular flexibility index (Phi) is 6.72. The molecule has 2 aromatic carbocycles. The molecule has 0 fully saturated rings. The summed E-state index contributed by atoms with van der Waals surface area (Å²) in [6.07, 6.45) is 1.44. The van der Waals surface area contributed by atoms with Crippen molar-refractivity contribution in [1.82, 2.24) is 0 Å². The SMILES string of the molecule is CC[C@@H](C(=O)Nc1cc(C)ccc1OC)N(c1cc(C)ccc1C)S(C)(=O)=O. The molecule has 7 heteroatoms. The van der Waals surface area contributed by atoms with E-state index >= 15 is 0 Å². The Bertz CT molecular complexity index is 970. The maximum Gasteiger partial charge on any atom is 0.248 e. The van der Waals surface area contributed by atoms with Gasteiger partial charge in [0.15, 0.2) is 0 Å². The van der Waals surface area contributed by atoms with E-state index in [9.17, 15) is 13.2 Å². The highest BCUT2D eigenvalue weighted by atomic mass is 32.2. The number of hydrogen-bond acceptors (Lipinski definition) is 4. The van der Waals surface area contributed by atoms with Crippen LogP contribution in [0.5, 0.6) is 5.75 Å². The number of nitrogens with zero attached hydrogens (tertiary/aromatic N) is 1. The van der Waals surface area contributed by atoms with Crippen LogP contribution in [0.1, 0.15) is 30.0 Å². The first-order chi connectivity index (χ1) is 13.1. The summed E-state index contributed by atoms with van der Waals surface area (Å²) in [7, 11) is -2.16. The van der Waals surface area contributed by atoms with E-state index in [2.05, 4.69) is 5.32 Å². The number of rotatable bonds is 7. The van der Waals surface area contributed by atoms with E-state index in [4.69, 9.17) is 4.74 Å². The number of aryl methyl sites for hydroxylation is 3. The maximum absolute atomic E-state index is 13.1. The van der Waals surface area contributed by atoms with Crippen LogP contribution in [0, 0.1) is 20.8 Å². The number of benzene rings is 2. The summed E-state index contributed by atoms with van der Waals surface area (Å²) in [5.41, 5.74) is 3.69. The zero-order valence-electron chi connectivity index (χ0n) is 17.2. The summed E-state index contributed by atoms with van der Waals surface area (Å²) in [4.78, 5) is 13.1. The van der Waals surface area contributed by atoms with E-state index < -0.39 is 22.0 Å². The molecule has 1 amide bonds. The molecule has 0 bridgehead atoms. The average molecular weight is 405 g/mol. The predicted molar refractivity (Wildman–Crippen MR) is 114 cm³/mol. The van der Waals surface area contributed by atoms with Crippen LogP contribution in [-0.4, -0.2) is 33.7 Å².